The smallest absolute Gasteiger partial charge is 0.410 e. The first-order chi connectivity index (χ1) is 16.3. The lowest BCUT2D eigenvalue weighted by Gasteiger charge is -2.35. The van der Waals surface area contributed by atoms with E-state index in [0.717, 1.165) is 19.3 Å². The fourth-order valence-electron chi connectivity index (χ4n) is 4.48. The summed E-state index contributed by atoms with van der Waals surface area (Å²) in [6.07, 6.45) is 2.34. The van der Waals surface area contributed by atoms with Crippen molar-refractivity contribution in [3.63, 3.8) is 0 Å². The molecule has 0 unspecified atom stereocenters. The van der Waals surface area contributed by atoms with Gasteiger partial charge in [0.1, 0.15) is 11.8 Å². The van der Waals surface area contributed by atoms with Crippen molar-refractivity contribution in [1.29, 1.82) is 0 Å². The SMILES string of the molecule is CC(=O)N[C@@H](CC(=O)O)NC(=O)[C@@H]1CCCN(C(=O)CCC2CCN(C(=O)OC(C)(C)C)CC2)C1. The first-order valence-electron chi connectivity index (χ1n) is 12.4. The third-order valence-corrected chi connectivity index (χ3v) is 6.25. The predicted molar refractivity (Wildman–Crippen MR) is 127 cm³/mol. The highest BCUT2D eigenvalue weighted by molar-refractivity contribution is 5.83. The van der Waals surface area contributed by atoms with E-state index in [4.69, 9.17) is 9.84 Å². The first-order valence-corrected chi connectivity index (χ1v) is 12.4. The number of nitrogens with zero attached hydrogens (tertiary/aromatic N) is 2. The third kappa shape index (κ3) is 10.1. The number of hydrogen-bond donors (Lipinski definition) is 3. The minimum Gasteiger partial charge on any atom is -0.481 e. The number of piperidine rings is 2. The minimum absolute atomic E-state index is 0.000943. The number of likely N-dealkylation sites (tertiary alicyclic amines) is 2. The number of carbonyl (C=O) groups is 5. The van der Waals surface area contributed by atoms with Crippen LogP contribution in [-0.2, 0) is 23.9 Å². The summed E-state index contributed by atoms with van der Waals surface area (Å²) in [7, 11) is 0. The van der Waals surface area contributed by atoms with Crippen LogP contribution in [0.4, 0.5) is 4.79 Å². The molecule has 0 aromatic rings. The Morgan fingerprint density at radius 2 is 1.66 bits per heavy atom. The molecule has 0 radical (unpaired) electrons. The van der Waals surface area contributed by atoms with Crippen LogP contribution in [0.2, 0.25) is 0 Å². The van der Waals surface area contributed by atoms with Gasteiger partial charge in [0.15, 0.2) is 0 Å². The number of hydrogen-bond acceptors (Lipinski definition) is 6. The van der Waals surface area contributed by atoms with Crippen LogP contribution in [0.3, 0.4) is 0 Å². The highest BCUT2D eigenvalue weighted by atomic mass is 16.6. The number of ether oxygens (including phenoxy) is 1. The Kier molecular flexibility index (Phi) is 10.3. The van der Waals surface area contributed by atoms with E-state index in [0.29, 0.717) is 44.8 Å². The largest absolute Gasteiger partial charge is 0.481 e. The van der Waals surface area contributed by atoms with E-state index in [1.54, 1.807) is 9.80 Å². The lowest BCUT2D eigenvalue weighted by molar-refractivity contribution is -0.138. The van der Waals surface area contributed by atoms with Crippen LogP contribution in [0.25, 0.3) is 0 Å². The highest BCUT2D eigenvalue weighted by Gasteiger charge is 2.31. The van der Waals surface area contributed by atoms with E-state index in [-0.39, 0.29) is 24.5 Å². The second-order valence-electron chi connectivity index (χ2n) is 10.5. The van der Waals surface area contributed by atoms with Gasteiger partial charge < -0.3 is 30.3 Å². The van der Waals surface area contributed by atoms with Crippen molar-refractivity contribution in [2.45, 2.75) is 84.4 Å². The molecule has 0 spiro atoms. The second kappa shape index (κ2) is 12.7. The predicted octanol–water partition coefficient (Wildman–Crippen LogP) is 1.71. The molecule has 198 valence electrons. The van der Waals surface area contributed by atoms with Crippen LogP contribution in [-0.4, -0.2) is 82.6 Å². The Hall–Kier alpha value is -2.85. The second-order valence-corrected chi connectivity index (χ2v) is 10.5. The van der Waals surface area contributed by atoms with Gasteiger partial charge in [0.05, 0.1) is 12.3 Å². The Morgan fingerprint density at radius 1 is 1.00 bits per heavy atom. The summed E-state index contributed by atoms with van der Waals surface area (Å²) in [5, 5.41) is 14.0. The van der Waals surface area contributed by atoms with Gasteiger partial charge in [-0.1, -0.05) is 0 Å². The number of carboxylic acids is 1. The van der Waals surface area contributed by atoms with Crippen molar-refractivity contribution < 1.29 is 33.8 Å². The topological polar surface area (TPSA) is 145 Å². The minimum atomic E-state index is -1.14. The molecule has 0 aromatic heterocycles. The molecule has 0 bridgehead atoms. The molecule has 2 atom stereocenters. The summed E-state index contributed by atoms with van der Waals surface area (Å²) in [6, 6.07) is 0. The van der Waals surface area contributed by atoms with Crippen LogP contribution >= 0.6 is 0 Å². The Morgan fingerprint density at radius 3 is 2.23 bits per heavy atom. The molecule has 4 amide bonds. The highest BCUT2D eigenvalue weighted by Crippen LogP contribution is 2.25. The zero-order valence-electron chi connectivity index (χ0n) is 21.3. The summed E-state index contributed by atoms with van der Waals surface area (Å²) in [4.78, 5) is 63.5. The average Bonchev–Trinajstić information content (AvgIpc) is 2.75. The number of carboxylic acid groups (broad SMARTS) is 1. The van der Waals surface area contributed by atoms with Gasteiger partial charge in [0, 0.05) is 39.5 Å². The maximum Gasteiger partial charge on any atom is 0.410 e. The summed E-state index contributed by atoms with van der Waals surface area (Å²) < 4.78 is 5.42. The molecule has 0 aliphatic carbocycles. The Bertz CT molecular complexity index is 771. The van der Waals surface area contributed by atoms with Gasteiger partial charge in [-0.15, -0.1) is 0 Å². The number of amides is 4. The molecule has 2 saturated heterocycles. The molecular weight excluding hydrogens is 456 g/mol. The van der Waals surface area contributed by atoms with Crippen molar-refractivity contribution in [1.82, 2.24) is 20.4 Å². The number of carbonyl (C=O) groups excluding carboxylic acids is 4. The molecule has 2 heterocycles. The van der Waals surface area contributed by atoms with Crippen LogP contribution in [0.5, 0.6) is 0 Å². The number of nitrogens with one attached hydrogen (secondary N) is 2. The fourth-order valence-corrected chi connectivity index (χ4v) is 4.48. The van der Waals surface area contributed by atoms with Crippen LogP contribution in [0.1, 0.15) is 72.6 Å². The molecule has 35 heavy (non-hydrogen) atoms. The summed E-state index contributed by atoms with van der Waals surface area (Å²) in [5.41, 5.74) is -0.523. The molecule has 2 fully saturated rings. The zero-order valence-corrected chi connectivity index (χ0v) is 21.3. The van der Waals surface area contributed by atoms with E-state index >= 15 is 0 Å². The summed E-state index contributed by atoms with van der Waals surface area (Å²) in [6.45, 7) is 8.88. The van der Waals surface area contributed by atoms with Crippen molar-refractivity contribution in [3.05, 3.63) is 0 Å². The maximum atomic E-state index is 12.8. The van der Waals surface area contributed by atoms with Gasteiger partial charge in [-0.05, 0) is 58.8 Å². The lowest BCUT2D eigenvalue weighted by atomic mass is 9.91. The maximum absolute atomic E-state index is 12.8. The monoisotopic (exact) mass is 496 g/mol. The van der Waals surface area contributed by atoms with E-state index < -0.39 is 36.0 Å². The van der Waals surface area contributed by atoms with Crippen molar-refractivity contribution in [2.24, 2.45) is 11.8 Å². The summed E-state index contributed by atoms with van der Waals surface area (Å²) >= 11 is 0. The number of rotatable bonds is 8. The standard InChI is InChI=1S/C24H40N4O7/c1-16(29)25-19(14-21(31)32)26-22(33)18-6-5-11-28(15-18)20(30)8-7-17-9-12-27(13-10-17)23(34)35-24(2,3)4/h17-19H,5-15H2,1-4H3,(H,25,29)(H,26,33)(H,31,32)/t18-,19-/m1/s1. The van der Waals surface area contributed by atoms with Crippen molar-refractivity contribution in [3.8, 4) is 0 Å². The van der Waals surface area contributed by atoms with Gasteiger partial charge in [0.25, 0.3) is 0 Å². The molecule has 0 aromatic carbocycles. The first kappa shape index (κ1) is 28.4. The molecule has 11 heteroatoms. The van der Waals surface area contributed by atoms with E-state index in [2.05, 4.69) is 10.6 Å². The Labute approximate surface area is 206 Å². The van der Waals surface area contributed by atoms with Gasteiger partial charge in [-0.25, -0.2) is 4.79 Å². The van der Waals surface area contributed by atoms with Gasteiger partial charge in [0.2, 0.25) is 17.7 Å². The quantitative estimate of drug-likeness (QED) is 0.434. The van der Waals surface area contributed by atoms with E-state index in [9.17, 15) is 24.0 Å². The van der Waals surface area contributed by atoms with E-state index in [1.807, 2.05) is 20.8 Å². The van der Waals surface area contributed by atoms with E-state index in [1.165, 1.54) is 6.92 Å². The average molecular weight is 497 g/mol. The van der Waals surface area contributed by atoms with Gasteiger partial charge >= 0.3 is 12.1 Å². The molecule has 2 aliphatic rings. The zero-order chi connectivity index (χ0) is 26.2. The lowest BCUT2D eigenvalue weighted by Crippen LogP contribution is -2.53. The summed E-state index contributed by atoms with van der Waals surface area (Å²) in [5.74, 6) is -2.03. The molecule has 3 N–H and O–H groups in total. The van der Waals surface area contributed by atoms with Crippen molar-refractivity contribution in [2.75, 3.05) is 26.2 Å². The van der Waals surface area contributed by atoms with Crippen LogP contribution < -0.4 is 10.6 Å². The van der Waals surface area contributed by atoms with Crippen LogP contribution in [0.15, 0.2) is 0 Å². The Balaban J connectivity index is 1.77. The van der Waals surface area contributed by atoms with Gasteiger partial charge in [-0.3, -0.25) is 19.2 Å². The normalized spacial score (nSPS) is 20.1. The molecule has 2 rings (SSSR count). The molecule has 2 aliphatic heterocycles. The molecule has 0 saturated carbocycles. The third-order valence-electron chi connectivity index (χ3n) is 6.25. The fraction of sp³-hybridized carbons (Fsp3) is 0.792. The number of aliphatic carboxylic acids is 1. The molecular formula is C24H40N4O7. The van der Waals surface area contributed by atoms with Gasteiger partial charge in [-0.2, -0.15) is 0 Å². The molecule has 11 nitrogen and oxygen atoms in total. The van der Waals surface area contributed by atoms with Crippen molar-refractivity contribution >= 4 is 29.8 Å². The van der Waals surface area contributed by atoms with Crippen LogP contribution in [0, 0.1) is 11.8 Å².